The van der Waals surface area contributed by atoms with Gasteiger partial charge < -0.3 is 5.32 Å². The zero-order chi connectivity index (χ0) is 14.2. The zero-order valence-electron chi connectivity index (χ0n) is 11.4. The maximum absolute atomic E-state index is 12.1. The lowest BCUT2D eigenvalue weighted by Gasteiger charge is -2.01. The summed E-state index contributed by atoms with van der Waals surface area (Å²) in [5, 5.41) is 16.6. The Bertz CT molecular complexity index is 635. The second-order valence-electron chi connectivity index (χ2n) is 5.74. The molecule has 2 saturated carbocycles. The Labute approximate surface area is 130 Å². The second kappa shape index (κ2) is 5.47. The van der Waals surface area contributed by atoms with Gasteiger partial charge in [-0.1, -0.05) is 11.3 Å². The summed E-state index contributed by atoms with van der Waals surface area (Å²) in [6.45, 7) is 1.16. The number of hydrogen-bond donors (Lipinski definition) is 2. The van der Waals surface area contributed by atoms with Crippen molar-refractivity contribution in [3.8, 4) is 0 Å². The lowest BCUT2D eigenvalue weighted by molar-refractivity contribution is 0.103. The van der Waals surface area contributed by atoms with E-state index in [1.54, 1.807) is 5.51 Å². The minimum Gasteiger partial charge on any atom is -0.313 e. The number of carbonyl (C=O) groups excluding carboxylic acids is 1. The van der Waals surface area contributed by atoms with Gasteiger partial charge in [-0.2, -0.15) is 0 Å². The molecule has 2 unspecified atom stereocenters. The van der Waals surface area contributed by atoms with E-state index >= 15 is 0 Å². The third-order valence-corrected chi connectivity index (χ3v) is 5.56. The van der Waals surface area contributed by atoms with E-state index in [1.807, 2.05) is 6.07 Å². The van der Waals surface area contributed by atoms with E-state index < -0.39 is 0 Å². The number of aromatic nitrogens is 2. The van der Waals surface area contributed by atoms with Crippen LogP contribution >= 0.6 is 22.7 Å². The van der Waals surface area contributed by atoms with E-state index in [1.165, 1.54) is 47.5 Å². The first-order valence-electron chi connectivity index (χ1n) is 7.19. The number of thiophene rings is 1. The molecule has 2 aromatic heterocycles. The van der Waals surface area contributed by atoms with Crippen LogP contribution in [-0.2, 0) is 0 Å². The Morgan fingerprint density at radius 3 is 3.05 bits per heavy atom. The predicted octanol–water partition coefficient (Wildman–Crippen LogP) is 2.71. The summed E-state index contributed by atoms with van der Waals surface area (Å²) >= 11 is 2.83. The third kappa shape index (κ3) is 3.14. The molecule has 0 spiro atoms. The highest BCUT2D eigenvalue weighted by molar-refractivity contribution is 7.14. The standard InChI is InChI=1S/C14H16N4OS2/c19-13(17-14-18-16-7-21-14)12-3-9(6-20-12)10-4-11(10)15-5-8-1-2-8/h3,6-8,10-11,15H,1-2,4-5H2,(H,17,18,19). The fourth-order valence-electron chi connectivity index (χ4n) is 2.48. The van der Waals surface area contributed by atoms with Crippen LogP contribution in [0, 0.1) is 5.92 Å². The van der Waals surface area contributed by atoms with Crippen molar-refractivity contribution < 1.29 is 4.79 Å². The highest BCUT2D eigenvalue weighted by Crippen LogP contribution is 2.43. The van der Waals surface area contributed by atoms with Crippen LogP contribution in [0.2, 0.25) is 0 Å². The average Bonchev–Trinajstić information content (AvgIpc) is 3.35. The fourth-order valence-corrected chi connectivity index (χ4v) is 3.79. The van der Waals surface area contributed by atoms with E-state index in [0.717, 1.165) is 17.3 Å². The molecule has 4 rings (SSSR count). The van der Waals surface area contributed by atoms with Crippen LogP contribution in [0.4, 0.5) is 5.13 Å². The van der Waals surface area contributed by atoms with E-state index in [4.69, 9.17) is 0 Å². The van der Waals surface area contributed by atoms with Crippen molar-refractivity contribution >= 4 is 33.7 Å². The smallest absolute Gasteiger partial charge is 0.267 e. The van der Waals surface area contributed by atoms with Crippen LogP contribution < -0.4 is 10.6 Å². The molecule has 2 N–H and O–H groups in total. The second-order valence-corrected chi connectivity index (χ2v) is 7.49. The largest absolute Gasteiger partial charge is 0.313 e. The van der Waals surface area contributed by atoms with Gasteiger partial charge in [-0.3, -0.25) is 10.1 Å². The summed E-state index contributed by atoms with van der Waals surface area (Å²) in [7, 11) is 0. The molecule has 21 heavy (non-hydrogen) atoms. The third-order valence-electron chi connectivity index (χ3n) is 4.01. The number of anilines is 1. The molecule has 2 fully saturated rings. The predicted molar refractivity (Wildman–Crippen MR) is 84.1 cm³/mol. The number of nitrogens with one attached hydrogen (secondary N) is 2. The first-order chi connectivity index (χ1) is 10.3. The van der Waals surface area contributed by atoms with Crippen LogP contribution in [0.15, 0.2) is 17.0 Å². The van der Waals surface area contributed by atoms with Gasteiger partial charge in [-0.15, -0.1) is 21.5 Å². The Morgan fingerprint density at radius 2 is 2.29 bits per heavy atom. The lowest BCUT2D eigenvalue weighted by atomic mass is 10.2. The van der Waals surface area contributed by atoms with Gasteiger partial charge >= 0.3 is 0 Å². The van der Waals surface area contributed by atoms with Crippen molar-refractivity contribution in [2.24, 2.45) is 5.92 Å². The van der Waals surface area contributed by atoms with Crippen LogP contribution in [0.3, 0.4) is 0 Å². The Balaban J connectivity index is 1.34. The van der Waals surface area contributed by atoms with Crippen molar-refractivity contribution in [3.63, 3.8) is 0 Å². The van der Waals surface area contributed by atoms with Crippen LogP contribution in [0.5, 0.6) is 0 Å². The van der Waals surface area contributed by atoms with Gasteiger partial charge in [0.25, 0.3) is 5.91 Å². The summed E-state index contributed by atoms with van der Waals surface area (Å²) in [6, 6.07) is 2.63. The molecule has 2 atom stereocenters. The molecule has 5 nitrogen and oxygen atoms in total. The fraction of sp³-hybridized carbons (Fsp3) is 0.500. The van der Waals surface area contributed by atoms with Gasteiger partial charge in [0.15, 0.2) is 0 Å². The SMILES string of the molecule is O=C(Nc1nncs1)c1cc(C2CC2NCC2CC2)cs1. The summed E-state index contributed by atoms with van der Waals surface area (Å²) in [6.07, 6.45) is 3.97. The van der Waals surface area contributed by atoms with Gasteiger partial charge in [-0.25, -0.2) is 0 Å². The Kier molecular flexibility index (Phi) is 3.48. The first-order valence-corrected chi connectivity index (χ1v) is 8.95. The molecular formula is C14H16N4OS2. The number of amides is 1. The van der Waals surface area contributed by atoms with E-state index in [2.05, 4.69) is 26.2 Å². The molecule has 2 heterocycles. The molecular weight excluding hydrogens is 304 g/mol. The molecule has 2 aromatic rings. The normalized spacial score (nSPS) is 24.0. The number of carbonyl (C=O) groups is 1. The van der Waals surface area contributed by atoms with Gasteiger partial charge in [-0.05, 0) is 48.7 Å². The van der Waals surface area contributed by atoms with Crippen LogP contribution in [0.1, 0.15) is 40.4 Å². The highest BCUT2D eigenvalue weighted by atomic mass is 32.1. The molecule has 2 aliphatic rings. The van der Waals surface area contributed by atoms with E-state index in [9.17, 15) is 4.79 Å². The van der Waals surface area contributed by atoms with Crippen molar-refractivity contribution in [1.82, 2.24) is 15.5 Å². The minimum atomic E-state index is -0.0915. The van der Waals surface area contributed by atoms with Crippen LogP contribution in [0.25, 0.3) is 0 Å². The first kappa shape index (κ1) is 13.4. The van der Waals surface area contributed by atoms with Gasteiger partial charge in [0.2, 0.25) is 5.13 Å². The van der Waals surface area contributed by atoms with Crippen molar-refractivity contribution in [3.05, 3.63) is 27.4 Å². The minimum absolute atomic E-state index is 0.0915. The Hall–Kier alpha value is -1.31. The maximum atomic E-state index is 12.1. The molecule has 0 radical (unpaired) electrons. The van der Waals surface area contributed by atoms with E-state index in [0.29, 0.717) is 17.1 Å². The van der Waals surface area contributed by atoms with Gasteiger partial charge in [0.1, 0.15) is 5.51 Å². The van der Waals surface area contributed by atoms with E-state index in [-0.39, 0.29) is 5.91 Å². The monoisotopic (exact) mass is 320 g/mol. The topological polar surface area (TPSA) is 66.9 Å². The average molecular weight is 320 g/mol. The Morgan fingerprint density at radius 1 is 1.38 bits per heavy atom. The number of rotatable bonds is 6. The summed E-state index contributed by atoms with van der Waals surface area (Å²) in [5.74, 6) is 1.41. The summed E-state index contributed by atoms with van der Waals surface area (Å²) in [4.78, 5) is 12.8. The maximum Gasteiger partial charge on any atom is 0.267 e. The van der Waals surface area contributed by atoms with Crippen molar-refractivity contribution in [1.29, 1.82) is 0 Å². The van der Waals surface area contributed by atoms with Crippen molar-refractivity contribution in [2.45, 2.75) is 31.2 Å². The molecule has 0 aliphatic heterocycles. The van der Waals surface area contributed by atoms with Crippen LogP contribution in [-0.4, -0.2) is 28.7 Å². The molecule has 0 bridgehead atoms. The van der Waals surface area contributed by atoms with Crippen molar-refractivity contribution in [2.75, 3.05) is 11.9 Å². The number of hydrogen-bond acceptors (Lipinski definition) is 6. The summed E-state index contributed by atoms with van der Waals surface area (Å²) < 4.78 is 0. The molecule has 0 aromatic carbocycles. The highest BCUT2D eigenvalue weighted by Gasteiger charge is 2.39. The quantitative estimate of drug-likeness (QED) is 0.859. The molecule has 2 aliphatic carbocycles. The molecule has 1 amide bonds. The zero-order valence-corrected chi connectivity index (χ0v) is 13.0. The van der Waals surface area contributed by atoms with Gasteiger partial charge in [0, 0.05) is 12.0 Å². The summed E-state index contributed by atoms with van der Waals surface area (Å²) in [5.41, 5.74) is 2.89. The molecule has 7 heteroatoms. The molecule has 0 saturated heterocycles. The number of nitrogens with zero attached hydrogens (tertiary/aromatic N) is 2. The molecule has 110 valence electrons. The lowest BCUT2D eigenvalue weighted by Crippen LogP contribution is -2.20. The van der Waals surface area contributed by atoms with Gasteiger partial charge in [0.05, 0.1) is 4.88 Å².